The molecule has 2 fully saturated rings. The van der Waals surface area contributed by atoms with Crippen molar-refractivity contribution in [3.8, 4) is 5.75 Å². The van der Waals surface area contributed by atoms with Gasteiger partial charge in [-0.15, -0.1) is 0 Å². The molecule has 1 unspecified atom stereocenters. The topological polar surface area (TPSA) is 82.1 Å². The summed E-state index contributed by atoms with van der Waals surface area (Å²) in [4.78, 5) is 39.9. The molecule has 2 aliphatic rings. The van der Waals surface area contributed by atoms with Crippen LogP contribution >= 0.6 is 0 Å². The molecule has 7 nitrogen and oxygen atoms in total. The number of benzene rings is 2. The number of rotatable bonds is 8. The molecule has 4 atom stereocenters. The molecular formula is C26H29NO6. The molecule has 1 aliphatic heterocycles. The Morgan fingerprint density at radius 2 is 1.67 bits per heavy atom. The molecule has 0 N–H and O–H groups in total. The second kappa shape index (κ2) is 10.2. The van der Waals surface area contributed by atoms with E-state index in [0.29, 0.717) is 12.8 Å². The van der Waals surface area contributed by atoms with Crippen LogP contribution in [0.5, 0.6) is 5.75 Å². The van der Waals surface area contributed by atoms with Crippen molar-refractivity contribution >= 4 is 17.8 Å². The molecule has 2 amide bonds. The standard InChI is InChI=1S/C26H29NO6/c1-17-24-21(26(30)33-15-18-6-4-3-5-7-18)12-13-22(24)27(25(17)29)23(28)16-32-14-19-8-10-20(31-2)11-9-19/h3-11,17,21-22,24H,12-16H2,1-2H3/t17-,21?,22+,24+/m1/s1. The summed E-state index contributed by atoms with van der Waals surface area (Å²) in [5.74, 6) is -1.14. The van der Waals surface area contributed by atoms with Gasteiger partial charge in [0.2, 0.25) is 5.91 Å². The van der Waals surface area contributed by atoms with Gasteiger partial charge in [0.05, 0.1) is 19.6 Å². The molecule has 2 aromatic rings. The Balaban J connectivity index is 1.33. The molecule has 0 bridgehead atoms. The van der Waals surface area contributed by atoms with E-state index in [1.54, 1.807) is 14.0 Å². The SMILES string of the molecule is COc1ccc(COCC(=O)N2C(=O)[C@H](C)[C@H]3C(C(=O)OCc4ccccc4)CC[C@@H]32)cc1. The van der Waals surface area contributed by atoms with Crippen molar-refractivity contribution in [2.75, 3.05) is 13.7 Å². The van der Waals surface area contributed by atoms with Gasteiger partial charge in [0.1, 0.15) is 19.0 Å². The minimum Gasteiger partial charge on any atom is -0.497 e. The molecule has 33 heavy (non-hydrogen) atoms. The van der Waals surface area contributed by atoms with Crippen LogP contribution in [0.15, 0.2) is 54.6 Å². The lowest BCUT2D eigenvalue weighted by Crippen LogP contribution is -2.41. The van der Waals surface area contributed by atoms with Crippen molar-refractivity contribution in [2.24, 2.45) is 17.8 Å². The van der Waals surface area contributed by atoms with Gasteiger partial charge >= 0.3 is 5.97 Å². The highest BCUT2D eigenvalue weighted by Gasteiger charge is 2.56. The van der Waals surface area contributed by atoms with E-state index in [9.17, 15) is 14.4 Å². The number of carbonyl (C=O) groups is 3. The van der Waals surface area contributed by atoms with Crippen molar-refractivity contribution in [3.63, 3.8) is 0 Å². The summed E-state index contributed by atoms with van der Waals surface area (Å²) in [6, 6.07) is 16.6. The van der Waals surface area contributed by atoms with Crippen LogP contribution in [0.3, 0.4) is 0 Å². The maximum absolute atomic E-state index is 12.9. The van der Waals surface area contributed by atoms with E-state index >= 15 is 0 Å². The summed E-state index contributed by atoms with van der Waals surface area (Å²) in [5, 5.41) is 0. The largest absolute Gasteiger partial charge is 0.497 e. The van der Waals surface area contributed by atoms with Gasteiger partial charge in [0.25, 0.3) is 5.91 Å². The second-order valence-corrected chi connectivity index (χ2v) is 8.65. The highest BCUT2D eigenvalue weighted by Crippen LogP contribution is 2.46. The zero-order valence-electron chi connectivity index (χ0n) is 18.9. The average Bonchev–Trinajstić information content (AvgIpc) is 3.37. The van der Waals surface area contributed by atoms with Gasteiger partial charge in [-0.1, -0.05) is 49.4 Å². The van der Waals surface area contributed by atoms with E-state index in [4.69, 9.17) is 14.2 Å². The molecule has 0 radical (unpaired) electrons. The van der Waals surface area contributed by atoms with Crippen LogP contribution in [0.2, 0.25) is 0 Å². The van der Waals surface area contributed by atoms with Crippen molar-refractivity contribution in [1.29, 1.82) is 0 Å². The van der Waals surface area contributed by atoms with Crippen LogP contribution in [0.4, 0.5) is 0 Å². The van der Waals surface area contributed by atoms with Crippen molar-refractivity contribution < 1.29 is 28.6 Å². The lowest BCUT2D eigenvalue weighted by Gasteiger charge is -2.22. The number of ether oxygens (including phenoxy) is 3. The number of methoxy groups -OCH3 is 1. The fourth-order valence-electron chi connectivity index (χ4n) is 5.00. The molecule has 2 aromatic carbocycles. The molecule has 7 heteroatoms. The first kappa shape index (κ1) is 23.0. The number of nitrogens with zero attached hydrogens (tertiary/aromatic N) is 1. The smallest absolute Gasteiger partial charge is 0.309 e. The number of esters is 1. The Kier molecular flexibility index (Phi) is 7.08. The van der Waals surface area contributed by atoms with Crippen LogP contribution in [0.1, 0.15) is 30.9 Å². The number of hydrogen-bond acceptors (Lipinski definition) is 6. The maximum atomic E-state index is 12.9. The third-order valence-electron chi connectivity index (χ3n) is 6.67. The number of fused-ring (bicyclic) bond motifs is 1. The third-order valence-corrected chi connectivity index (χ3v) is 6.67. The molecule has 0 spiro atoms. The normalized spacial score (nSPS) is 23.9. The summed E-state index contributed by atoms with van der Waals surface area (Å²) < 4.78 is 16.3. The molecule has 1 heterocycles. The van der Waals surface area contributed by atoms with Gasteiger partial charge in [-0.2, -0.15) is 0 Å². The monoisotopic (exact) mass is 451 g/mol. The minimum atomic E-state index is -0.405. The predicted octanol–water partition coefficient (Wildman–Crippen LogP) is 3.35. The summed E-state index contributed by atoms with van der Waals surface area (Å²) in [6.45, 7) is 2.08. The maximum Gasteiger partial charge on any atom is 0.309 e. The number of imide groups is 1. The first-order valence-corrected chi connectivity index (χ1v) is 11.3. The molecule has 1 aliphatic carbocycles. The van der Waals surface area contributed by atoms with Crippen LogP contribution in [-0.2, 0) is 37.1 Å². The zero-order chi connectivity index (χ0) is 23.4. The quantitative estimate of drug-likeness (QED) is 0.573. The van der Waals surface area contributed by atoms with Gasteiger partial charge in [0.15, 0.2) is 0 Å². The van der Waals surface area contributed by atoms with Gasteiger partial charge in [-0.3, -0.25) is 19.3 Å². The Bertz CT molecular complexity index is 990. The van der Waals surface area contributed by atoms with Gasteiger partial charge in [0, 0.05) is 17.9 Å². The Hall–Kier alpha value is -3.19. The zero-order valence-corrected chi connectivity index (χ0v) is 18.9. The van der Waals surface area contributed by atoms with Gasteiger partial charge in [-0.25, -0.2) is 0 Å². The Morgan fingerprint density at radius 1 is 0.970 bits per heavy atom. The lowest BCUT2D eigenvalue weighted by molar-refractivity contribution is -0.151. The molecule has 4 rings (SSSR count). The van der Waals surface area contributed by atoms with E-state index in [1.807, 2.05) is 54.6 Å². The lowest BCUT2D eigenvalue weighted by atomic mass is 9.86. The summed E-state index contributed by atoms with van der Waals surface area (Å²) >= 11 is 0. The number of hydrogen-bond donors (Lipinski definition) is 0. The highest BCUT2D eigenvalue weighted by molar-refractivity contribution is 5.99. The molecular weight excluding hydrogens is 422 g/mol. The number of carbonyl (C=O) groups excluding carboxylic acids is 3. The second-order valence-electron chi connectivity index (χ2n) is 8.65. The van der Waals surface area contributed by atoms with E-state index in [0.717, 1.165) is 16.9 Å². The van der Waals surface area contributed by atoms with E-state index in [2.05, 4.69) is 0 Å². The highest BCUT2D eigenvalue weighted by atomic mass is 16.5. The molecule has 0 aromatic heterocycles. The first-order chi connectivity index (χ1) is 16.0. The van der Waals surface area contributed by atoms with E-state index in [1.165, 1.54) is 4.90 Å². The van der Waals surface area contributed by atoms with Crippen molar-refractivity contribution in [3.05, 3.63) is 65.7 Å². The third kappa shape index (κ3) is 4.93. The Morgan fingerprint density at radius 3 is 2.36 bits per heavy atom. The number of likely N-dealkylation sites (tertiary alicyclic amines) is 1. The summed E-state index contributed by atoms with van der Waals surface area (Å²) in [5.41, 5.74) is 1.83. The molecule has 1 saturated carbocycles. The van der Waals surface area contributed by atoms with Crippen LogP contribution in [0, 0.1) is 17.8 Å². The fourth-order valence-corrected chi connectivity index (χ4v) is 5.00. The van der Waals surface area contributed by atoms with Gasteiger partial charge < -0.3 is 14.2 Å². The van der Waals surface area contributed by atoms with E-state index in [-0.39, 0.29) is 55.5 Å². The average molecular weight is 452 g/mol. The predicted molar refractivity (Wildman–Crippen MR) is 120 cm³/mol. The van der Waals surface area contributed by atoms with Crippen LogP contribution in [0.25, 0.3) is 0 Å². The van der Waals surface area contributed by atoms with E-state index < -0.39 is 5.92 Å². The summed E-state index contributed by atoms with van der Waals surface area (Å²) in [6.07, 6.45) is 1.22. The molecule has 174 valence electrons. The fraction of sp³-hybridized carbons (Fsp3) is 0.423. The first-order valence-electron chi connectivity index (χ1n) is 11.3. The van der Waals surface area contributed by atoms with Crippen molar-refractivity contribution in [1.82, 2.24) is 4.90 Å². The summed E-state index contributed by atoms with van der Waals surface area (Å²) in [7, 11) is 1.60. The van der Waals surface area contributed by atoms with Crippen LogP contribution < -0.4 is 4.74 Å². The van der Waals surface area contributed by atoms with Gasteiger partial charge in [-0.05, 0) is 36.1 Å². The Labute approximate surface area is 193 Å². The van der Waals surface area contributed by atoms with Crippen molar-refractivity contribution in [2.45, 2.75) is 39.0 Å². The molecule has 1 saturated heterocycles. The van der Waals surface area contributed by atoms with Crippen LogP contribution in [-0.4, -0.2) is 42.4 Å². The number of amides is 2. The minimum absolute atomic E-state index is 0.184.